The Morgan fingerprint density at radius 1 is 1.33 bits per heavy atom. The number of rotatable bonds is 3. The number of carbonyl (C=O) groups excluding carboxylic acids is 1. The molecule has 0 saturated carbocycles. The maximum Gasteiger partial charge on any atom is 0.332 e. The molecule has 1 aliphatic rings. The van der Waals surface area contributed by atoms with E-state index in [1.807, 2.05) is 4.90 Å². The van der Waals surface area contributed by atoms with Crippen molar-refractivity contribution in [2.75, 3.05) is 26.3 Å². The van der Waals surface area contributed by atoms with Gasteiger partial charge in [0.15, 0.2) is 5.84 Å². The van der Waals surface area contributed by atoms with E-state index in [1.54, 1.807) is 12.1 Å². The van der Waals surface area contributed by atoms with Gasteiger partial charge in [-0.05, 0) is 12.1 Å². The van der Waals surface area contributed by atoms with Gasteiger partial charge in [-0.25, -0.2) is 4.79 Å². The normalized spacial score (nSPS) is 15.7. The number of benzene rings is 1. The minimum absolute atomic E-state index is 0.00689. The number of nitrogens with zero attached hydrogens (tertiary/aromatic N) is 3. The number of nitro benzene ring substituents is 1. The number of nitro groups is 1. The van der Waals surface area contributed by atoms with Gasteiger partial charge in [-0.15, -0.1) is 0 Å². The molecule has 1 aromatic rings. The third kappa shape index (κ3) is 3.99. The van der Waals surface area contributed by atoms with Gasteiger partial charge in [0.2, 0.25) is 0 Å². The van der Waals surface area contributed by atoms with Crippen molar-refractivity contribution in [1.82, 2.24) is 4.90 Å². The van der Waals surface area contributed by atoms with Crippen molar-refractivity contribution in [1.29, 1.82) is 0 Å². The van der Waals surface area contributed by atoms with E-state index in [9.17, 15) is 14.9 Å². The Kier molecular flexibility index (Phi) is 4.83. The summed E-state index contributed by atoms with van der Waals surface area (Å²) in [5.41, 5.74) is 0.635. The van der Waals surface area contributed by atoms with E-state index in [4.69, 9.17) is 9.57 Å². The first kappa shape index (κ1) is 14.9. The number of oxime groups is 1. The summed E-state index contributed by atoms with van der Waals surface area (Å²) >= 11 is 0. The Labute approximate surface area is 121 Å². The molecule has 0 radical (unpaired) electrons. The maximum atomic E-state index is 10.9. The third-order valence-corrected chi connectivity index (χ3v) is 2.91. The van der Waals surface area contributed by atoms with Gasteiger partial charge in [0.05, 0.1) is 18.1 Å². The molecule has 1 aliphatic heterocycles. The Morgan fingerprint density at radius 3 is 2.48 bits per heavy atom. The topological polar surface area (TPSA) is 94.3 Å². The quantitative estimate of drug-likeness (QED) is 0.273. The molecule has 2 rings (SSSR count). The van der Waals surface area contributed by atoms with Crippen LogP contribution in [0, 0.1) is 10.1 Å². The maximum absolute atomic E-state index is 10.9. The average molecular weight is 293 g/mol. The number of hydrogen-bond acceptors (Lipinski definition) is 6. The van der Waals surface area contributed by atoms with Crippen molar-refractivity contribution in [2.45, 2.75) is 6.92 Å². The Balaban J connectivity index is 2.27. The van der Waals surface area contributed by atoms with Crippen LogP contribution in [-0.4, -0.2) is 47.9 Å². The number of carbonyl (C=O) groups is 1. The molecular formula is C13H15N3O5. The summed E-state index contributed by atoms with van der Waals surface area (Å²) in [5.74, 6) is -0.0638. The van der Waals surface area contributed by atoms with E-state index in [0.29, 0.717) is 37.7 Å². The van der Waals surface area contributed by atoms with Crippen molar-refractivity contribution in [2.24, 2.45) is 5.16 Å². The number of ether oxygens (including phenoxy) is 1. The summed E-state index contributed by atoms with van der Waals surface area (Å²) < 4.78 is 5.27. The van der Waals surface area contributed by atoms with Crippen LogP contribution in [-0.2, 0) is 14.4 Å². The van der Waals surface area contributed by atoms with Gasteiger partial charge in [-0.1, -0.05) is 5.16 Å². The highest BCUT2D eigenvalue weighted by molar-refractivity contribution is 5.99. The molecule has 0 atom stereocenters. The lowest BCUT2D eigenvalue weighted by Gasteiger charge is -2.29. The predicted octanol–water partition coefficient (Wildman–Crippen LogP) is 1.15. The highest BCUT2D eigenvalue weighted by Gasteiger charge is 2.19. The Bertz CT molecular complexity index is 549. The van der Waals surface area contributed by atoms with Crippen LogP contribution in [0.3, 0.4) is 0 Å². The van der Waals surface area contributed by atoms with Gasteiger partial charge >= 0.3 is 5.97 Å². The molecule has 21 heavy (non-hydrogen) atoms. The zero-order valence-corrected chi connectivity index (χ0v) is 11.5. The predicted molar refractivity (Wildman–Crippen MR) is 73.8 cm³/mol. The van der Waals surface area contributed by atoms with Gasteiger partial charge in [-0.3, -0.25) is 10.1 Å². The number of amidine groups is 1. The van der Waals surface area contributed by atoms with Gasteiger partial charge < -0.3 is 14.5 Å². The van der Waals surface area contributed by atoms with Crippen molar-refractivity contribution in [3.05, 3.63) is 39.9 Å². The molecular weight excluding hydrogens is 278 g/mol. The zero-order chi connectivity index (χ0) is 15.2. The van der Waals surface area contributed by atoms with Crippen molar-refractivity contribution in [3.63, 3.8) is 0 Å². The van der Waals surface area contributed by atoms with Crippen molar-refractivity contribution < 1.29 is 19.3 Å². The lowest BCUT2D eigenvalue weighted by molar-refractivity contribution is -0.384. The molecule has 1 fully saturated rings. The van der Waals surface area contributed by atoms with E-state index in [2.05, 4.69) is 5.16 Å². The molecule has 112 valence electrons. The lowest BCUT2D eigenvalue weighted by atomic mass is 10.1. The van der Waals surface area contributed by atoms with E-state index in [0.717, 1.165) is 0 Å². The lowest BCUT2D eigenvalue weighted by Crippen LogP contribution is -2.41. The summed E-state index contributed by atoms with van der Waals surface area (Å²) in [6, 6.07) is 5.93. The summed E-state index contributed by atoms with van der Waals surface area (Å²) in [7, 11) is 0. The molecule has 1 aromatic carbocycles. The highest BCUT2D eigenvalue weighted by Crippen LogP contribution is 2.15. The molecule has 8 nitrogen and oxygen atoms in total. The van der Waals surface area contributed by atoms with Crippen LogP contribution in [0.5, 0.6) is 0 Å². The summed E-state index contributed by atoms with van der Waals surface area (Å²) in [6.45, 7) is 3.57. The molecule has 0 N–H and O–H groups in total. The Morgan fingerprint density at radius 2 is 1.95 bits per heavy atom. The fraction of sp³-hybridized carbons (Fsp3) is 0.385. The summed E-state index contributed by atoms with van der Waals surface area (Å²) in [5, 5.41) is 14.5. The first-order valence-electron chi connectivity index (χ1n) is 6.41. The van der Waals surface area contributed by atoms with Gasteiger partial charge in [0.1, 0.15) is 0 Å². The first-order valence-corrected chi connectivity index (χ1v) is 6.41. The van der Waals surface area contributed by atoms with Crippen molar-refractivity contribution in [3.8, 4) is 0 Å². The number of non-ortho nitro benzene ring substituents is 1. The smallest absolute Gasteiger partial charge is 0.332 e. The average Bonchev–Trinajstić information content (AvgIpc) is 2.49. The summed E-state index contributed by atoms with van der Waals surface area (Å²) in [4.78, 5) is 27.8. The largest absolute Gasteiger partial charge is 0.378 e. The second-order valence-corrected chi connectivity index (χ2v) is 4.40. The third-order valence-electron chi connectivity index (χ3n) is 2.91. The summed E-state index contributed by atoms with van der Waals surface area (Å²) in [6.07, 6.45) is 0. The van der Waals surface area contributed by atoms with Crippen LogP contribution < -0.4 is 0 Å². The molecule has 8 heteroatoms. The van der Waals surface area contributed by atoms with Gasteiger partial charge in [0, 0.05) is 37.7 Å². The van der Waals surface area contributed by atoms with E-state index in [-0.39, 0.29) is 5.69 Å². The molecule has 0 bridgehead atoms. The van der Waals surface area contributed by atoms with E-state index in [1.165, 1.54) is 19.1 Å². The fourth-order valence-corrected chi connectivity index (χ4v) is 1.91. The van der Waals surface area contributed by atoms with Crippen LogP contribution in [0.15, 0.2) is 29.4 Å². The number of hydrogen-bond donors (Lipinski definition) is 0. The second-order valence-electron chi connectivity index (χ2n) is 4.40. The van der Waals surface area contributed by atoms with Gasteiger partial charge in [0.25, 0.3) is 5.69 Å². The van der Waals surface area contributed by atoms with Crippen LogP contribution in [0.25, 0.3) is 0 Å². The first-order chi connectivity index (χ1) is 10.1. The zero-order valence-electron chi connectivity index (χ0n) is 11.5. The fourth-order valence-electron chi connectivity index (χ4n) is 1.91. The van der Waals surface area contributed by atoms with Crippen LogP contribution in [0.2, 0.25) is 0 Å². The van der Waals surface area contributed by atoms with Crippen LogP contribution in [0.4, 0.5) is 5.69 Å². The minimum atomic E-state index is -0.525. The second kappa shape index (κ2) is 6.80. The molecule has 0 aliphatic carbocycles. The van der Waals surface area contributed by atoms with Crippen LogP contribution >= 0.6 is 0 Å². The van der Waals surface area contributed by atoms with E-state index >= 15 is 0 Å². The van der Waals surface area contributed by atoms with E-state index < -0.39 is 10.9 Å². The molecule has 0 amide bonds. The highest BCUT2D eigenvalue weighted by atomic mass is 16.7. The monoisotopic (exact) mass is 293 g/mol. The van der Waals surface area contributed by atoms with Gasteiger partial charge in [-0.2, -0.15) is 0 Å². The standard InChI is InChI=1S/C13H15N3O5/c1-10(17)21-14-13(15-6-8-20-9-7-15)11-2-4-12(5-3-11)16(18)19/h2-5H,6-9H2,1H3/b14-13+. The number of morpholine rings is 1. The molecule has 1 heterocycles. The van der Waals surface area contributed by atoms with Crippen molar-refractivity contribution >= 4 is 17.5 Å². The molecule has 0 unspecified atom stereocenters. The van der Waals surface area contributed by atoms with Crippen LogP contribution in [0.1, 0.15) is 12.5 Å². The minimum Gasteiger partial charge on any atom is -0.378 e. The molecule has 0 aromatic heterocycles. The molecule has 0 spiro atoms. The molecule has 1 saturated heterocycles. The SMILES string of the molecule is CC(=O)O/N=C(\c1ccc([N+](=O)[O-])cc1)N1CCOCC1. The Hall–Kier alpha value is -2.48.